The summed E-state index contributed by atoms with van der Waals surface area (Å²) in [5.41, 5.74) is 0. The summed E-state index contributed by atoms with van der Waals surface area (Å²) in [6, 6.07) is 1.96. The van der Waals surface area contributed by atoms with Gasteiger partial charge in [0, 0.05) is 32.1 Å². The van der Waals surface area contributed by atoms with Crippen LogP contribution in [0.25, 0.3) is 0 Å². The molecule has 1 saturated heterocycles. The van der Waals surface area contributed by atoms with E-state index in [-0.39, 0.29) is 0 Å². The molecule has 0 saturated carbocycles. The van der Waals surface area contributed by atoms with Crippen LogP contribution in [0.15, 0.2) is 18.5 Å². The van der Waals surface area contributed by atoms with Crippen molar-refractivity contribution < 1.29 is 4.74 Å². The molecule has 1 aromatic heterocycles. The largest absolute Gasteiger partial charge is 0.378 e. The lowest BCUT2D eigenvalue weighted by atomic mass is 10.00. The second-order valence-corrected chi connectivity index (χ2v) is 4.34. The van der Waals surface area contributed by atoms with E-state index in [1.165, 1.54) is 6.42 Å². The smallest absolute Gasteiger partial charge is 0.0613 e. The van der Waals surface area contributed by atoms with Gasteiger partial charge in [0.2, 0.25) is 0 Å². The van der Waals surface area contributed by atoms with E-state index >= 15 is 0 Å². The summed E-state index contributed by atoms with van der Waals surface area (Å²) in [6.07, 6.45) is 6.61. The standard InChI is InChI=1S/C12H21N3O/c1-2-12-11(4-9-16-12)10-13-6-8-15-7-3-5-14-15/h3,5,7,11-13H,2,4,6,8-10H2,1H3. The highest BCUT2D eigenvalue weighted by Crippen LogP contribution is 2.22. The van der Waals surface area contributed by atoms with Gasteiger partial charge in [-0.3, -0.25) is 4.68 Å². The van der Waals surface area contributed by atoms with Crippen LogP contribution in [0.5, 0.6) is 0 Å². The number of rotatable bonds is 6. The topological polar surface area (TPSA) is 39.1 Å². The van der Waals surface area contributed by atoms with Crippen molar-refractivity contribution in [2.45, 2.75) is 32.4 Å². The van der Waals surface area contributed by atoms with Crippen LogP contribution in [0.2, 0.25) is 0 Å². The molecule has 0 aromatic carbocycles. The van der Waals surface area contributed by atoms with Crippen LogP contribution in [0.1, 0.15) is 19.8 Å². The van der Waals surface area contributed by atoms with Gasteiger partial charge in [0.1, 0.15) is 0 Å². The van der Waals surface area contributed by atoms with Gasteiger partial charge in [0.25, 0.3) is 0 Å². The third-order valence-electron chi connectivity index (χ3n) is 3.23. The van der Waals surface area contributed by atoms with Crippen LogP contribution in [0, 0.1) is 5.92 Å². The molecule has 0 amide bonds. The summed E-state index contributed by atoms with van der Waals surface area (Å²) in [5.74, 6) is 0.697. The molecule has 1 aromatic rings. The first-order chi connectivity index (χ1) is 7.90. The van der Waals surface area contributed by atoms with E-state index in [0.29, 0.717) is 12.0 Å². The van der Waals surface area contributed by atoms with Crippen molar-refractivity contribution in [3.05, 3.63) is 18.5 Å². The molecule has 4 heteroatoms. The molecular formula is C12H21N3O. The molecule has 2 unspecified atom stereocenters. The van der Waals surface area contributed by atoms with E-state index in [9.17, 15) is 0 Å². The molecule has 1 N–H and O–H groups in total. The van der Waals surface area contributed by atoms with E-state index < -0.39 is 0 Å². The number of hydrogen-bond donors (Lipinski definition) is 1. The van der Waals surface area contributed by atoms with Gasteiger partial charge in [-0.2, -0.15) is 5.10 Å². The van der Waals surface area contributed by atoms with Crippen molar-refractivity contribution in [1.29, 1.82) is 0 Å². The molecule has 1 aliphatic heterocycles. The van der Waals surface area contributed by atoms with Crippen LogP contribution < -0.4 is 5.32 Å². The van der Waals surface area contributed by atoms with Gasteiger partial charge >= 0.3 is 0 Å². The summed E-state index contributed by atoms with van der Waals surface area (Å²) in [5, 5.41) is 7.66. The Hall–Kier alpha value is -0.870. The molecule has 16 heavy (non-hydrogen) atoms. The summed E-state index contributed by atoms with van der Waals surface area (Å²) < 4.78 is 7.61. The fraction of sp³-hybridized carbons (Fsp3) is 0.750. The molecule has 0 aliphatic carbocycles. The third-order valence-corrected chi connectivity index (χ3v) is 3.23. The molecule has 2 atom stereocenters. The molecule has 0 bridgehead atoms. The van der Waals surface area contributed by atoms with E-state index in [4.69, 9.17) is 4.74 Å². The number of nitrogens with one attached hydrogen (secondary N) is 1. The SMILES string of the molecule is CCC1OCCC1CNCCn1cccn1. The lowest BCUT2D eigenvalue weighted by molar-refractivity contribution is 0.0872. The van der Waals surface area contributed by atoms with Gasteiger partial charge in [-0.05, 0) is 24.8 Å². The summed E-state index contributed by atoms with van der Waals surface area (Å²) in [4.78, 5) is 0. The quantitative estimate of drug-likeness (QED) is 0.739. The van der Waals surface area contributed by atoms with Gasteiger partial charge in [0.15, 0.2) is 0 Å². The second-order valence-electron chi connectivity index (χ2n) is 4.34. The minimum Gasteiger partial charge on any atom is -0.378 e. The van der Waals surface area contributed by atoms with Crippen molar-refractivity contribution in [3.63, 3.8) is 0 Å². The molecule has 2 heterocycles. The minimum absolute atomic E-state index is 0.470. The van der Waals surface area contributed by atoms with E-state index in [1.807, 2.05) is 23.1 Å². The predicted molar refractivity (Wildman–Crippen MR) is 63.2 cm³/mol. The van der Waals surface area contributed by atoms with Gasteiger partial charge in [-0.25, -0.2) is 0 Å². The Morgan fingerprint density at radius 1 is 1.56 bits per heavy atom. The zero-order valence-electron chi connectivity index (χ0n) is 9.93. The fourth-order valence-electron chi connectivity index (χ4n) is 2.29. The monoisotopic (exact) mass is 223 g/mol. The van der Waals surface area contributed by atoms with Gasteiger partial charge in [-0.1, -0.05) is 6.92 Å². The van der Waals surface area contributed by atoms with Gasteiger partial charge in [-0.15, -0.1) is 0 Å². The lowest BCUT2D eigenvalue weighted by Crippen LogP contribution is -2.30. The van der Waals surface area contributed by atoms with E-state index in [0.717, 1.165) is 32.7 Å². The number of nitrogens with zero attached hydrogens (tertiary/aromatic N) is 2. The lowest BCUT2D eigenvalue weighted by Gasteiger charge is -2.17. The van der Waals surface area contributed by atoms with Crippen LogP contribution in [0.3, 0.4) is 0 Å². The maximum absolute atomic E-state index is 5.66. The molecule has 4 nitrogen and oxygen atoms in total. The molecule has 1 fully saturated rings. The minimum atomic E-state index is 0.470. The highest BCUT2D eigenvalue weighted by molar-refractivity contribution is 4.79. The Balaban J connectivity index is 1.61. The zero-order valence-corrected chi connectivity index (χ0v) is 9.93. The molecule has 2 rings (SSSR count). The van der Waals surface area contributed by atoms with Crippen molar-refractivity contribution in [2.75, 3.05) is 19.7 Å². The highest BCUT2D eigenvalue weighted by Gasteiger charge is 2.25. The van der Waals surface area contributed by atoms with Gasteiger partial charge < -0.3 is 10.1 Å². The number of aromatic nitrogens is 2. The average Bonchev–Trinajstić information content (AvgIpc) is 2.95. The number of hydrogen-bond acceptors (Lipinski definition) is 3. The Kier molecular flexibility index (Phi) is 4.36. The van der Waals surface area contributed by atoms with Crippen LogP contribution in [0.4, 0.5) is 0 Å². The molecule has 90 valence electrons. The Bertz CT molecular complexity index is 286. The second kappa shape index (κ2) is 6.01. The van der Waals surface area contributed by atoms with Crippen molar-refractivity contribution in [2.24, 2.45) is 5.92 Å². The molecule has 1 aliphatic rings. The fourth-order valence-corrected chi connectivity index (χ4v) is 2.29. The molecule has 0 spiro atoms. The maximum Gasteiger partial charge on any atom is 0.0613 e. The van der Waals surface area contributed by atoms with Gasteiger partial charge in [0.05, 0.1) is 12.6 Å². The summed E-state index contributed by atoms with van der Waals surface area (Å²) in [6.45, 7) is 6.13. The maximum atomic E-state index is 5.66. The Morgan fingerprint density at radius 2 is 2.50 bits per heavy atom. The van der Waals surface area contributed by atoms with Crippen LogP contribution >= 0.6 is 0 Å². The summed E-state index contributed by atoms with van der Waals surface area (Å²) in [7, 11) is 0. The van der Waals surface area contributed by atoms with E-state index in [2.05, 4.69) is 17.3 Å². The highest BCUT2D eigenvalue weighted by atomic mass is 16.5. The first kappa shape index (κ1) is 11.6. The zero-order chi connectivity index (χ0) is 11.2. The third kappa shape index (κ3) is 3.06. The first-order valence-electron chi connectivity index (χ1n) is 6.20. The van der Waals surface area contributed by atoms with Crippen LogP contribution in [-0.4, -0.2) is 35.6 Å². The first-order valence-corrected chi connectivity index (χ1v) is 6.20. The Morgan fingerprint density at radius 3 is 3.25 bits per heavy atom. The Labute approximate surface area is 97.0 Å². The number of ether oxygens (including phenoxy) is 1. The summed E-state index contributed by atoms with van der Waals surface area (Å²) >= 11 is 0. The normalized spacial score (nSPS) is 25.1. The van der Waals surface area contributed by atoms with Crippen molar-refractivity contribution in [1.82, 2.24) is 15.1 Å². The molecule has 0 radical (unpaired) electrons. The van der Waals surface area contributed by atoms with E-state index in [1.54, 1.807) is 0 Å². The van der Waals surface area contributed by atoms with Crippen molar-refractivity contribution in [3.8, 4) is 0 Å². The molecular weight excluding hydrogens is 202 g/mol. The van der Waals surface area contributed by atoms with Crippen LogP contribution in [-0.2, 0) is 11.3 Å². The average molecular weight is 223 g/mol. The predicted octanol–water partition coefficient (Wildman–Crippen LogP) is 1.29. The van der Waals surface area contributed by atoms with Crippen molar-refractivity contribution >= 4 is 0 Å².